The van der Waals surface area contributed by atoms with Crippen LogP contribution in [0.5, 0.6) is 5.88 Å². The number of aromatic nitrogens is 1. The fourth-order valence-electron chi connectivity index (χ4n) is 2.57. The van der Waals surface area contributed by atoms with Gasteiger partial charge < -0.3 is 9.84 Å². The maximum Gasteiger partial charge on any atom is 0.337 e. The van der Waals surface area contributed by atoms with Crippen LogP contribution in [-0.4, -0.2) is 37.6 Å². The molecule has 8 heteroatoms. The first-order valence-electron chi connectivity index (χ1n) is 7.29. The van der Waals surface area contributed by atoms with Crippen LogP contribution >= 0.6 is 0 Å². The van der Waals surface area contributed by atoms with Crippen molar-refractivity contribution >= 4 is 21.7 Å². The minimum atomic E-state index is -3.69. The molecule has 0 aliphatic carbocycles. The molecule has 1 aliphatic rings. The van der Waals surface area contributed by atoms with Gasteiger partial charge in [0.2, 0.25) is 15.9 Å². The number of sulfonamides is 1. The van der Waals surface area contributed by atoms with Crippen LogP contribution in [-0.2, 0) is 15.8 Å². The van der Waals surface area contributed by atoms with Crippen molar-refractivity contribution < 1.29 is 23.1 Å². The summed E-state index contributed by atoms with van der Waals surface area (Å²) in [7, 11) is -3.69. The summed E-state index contributed by atoms with van der Waals surface area (Å²) in [5.74, 6) is -1.23. The van der Waals surface area contributed by atoms with Gasteiger partial charge in [0.1, 0.15) is 12.3 Å². The molecular formula is C16H16N2O5S. The van der Waals surface area contributed by atoms with E-state index in [-0.39, 0.29) is 36.0 Å². The quantitative estimate of drug-likeness (QED) is 0.905. The van der Waals surface area contributed by atoms with Gasteiger partial charge in [-0.15, -0.1) is 0 Å². The Morgan fingerprint density at radius 1 is 1.38 bits per heavy atom. The van der Waals surface area contributed by atoms with E-state index in [1.165, 1.54) is 10.4 Å². The Balaban J connectivity index is 1.98. The predicted molar refractivity (Wildman–Crippen MR) is 87.8 cm³/mol. The van der Waals surface area contributed by atoms with E-state index in [0.29, 0.717) is 5.56 Å². The monoisotopic (exact) mass is 348 g/mol. The normalized spacial score (nSPS) is 14.0. The van der Waals surface area contributed by atoms with E-state index in [1.807, 2.05) is 19.1 Å². The molecule has 1 N–H and O–H groups in total. The Morgan fingerprint density at radius 2 is 2.17 bits per heavy atom. The zero-order valence-electron chi connectivity index (χ0n) is 13.0. The number of hydrogen-bond donors (Lipinski definition) is 1. The van der Waals surface area contributed by atoms with E-state index >= 15 is 0 Å². The SMILES string of the molecule is Cc1cccc(CS(=O)(=O)N2CCOc3ncc(C(=O)O)cc32)c1. The molecule has 7 nitrogen and oxygen atoms in total. The Bertz CT molecular complexity index is 895. The lowest BCUT2D eigenvalue weighted by Gasteiger charge is -2.29. The molecular weight excluding hydrogens is 332 g/mol. The summed E-state index contributed by atoms with van der Waals surface area (Å²) in [6.45, 7) is 2.18. The number of fused-ring (bicyclic) bond motifs is 1. The fraction of sp³-hybridized carbons (Fsp3) is 0.250. The highest BCUT2D eigenvalue weighted by molar-refractivity contribution is 7.92. The number of pyridine rings is 1. The van der Waals surface area contributed by atoms with Gasteiger partial charge in [-0.2, -0.15) is 0 Å². The van der Waals surface area contributed by atoms with Gasteiger partial charge in [-0.1, -0.05) is 29.8 Å². The topological polar surface area (TPSA) is 96.8 Å². The van der Waals surface area contributed by atoms with E-state index in [1.54, 1.807) is 12.1 Å². The molecule has 0 unspecified atom stereocenters. The van der Waals surface area contributed by atoms with Crippen molar-refractivity contribution in [3.05, 3.63) is 53.2 Å². The van der Waals surface area contributed by atoms with Crippen molar-refractivity contribution in [2.45, 2.75) is 12.7 Å². The number of aryl methyl sites for hydroxylation is 1. The van der Waals surface area contributed by atoms with Gasteiger partial charge in [0.15, 0.2) is 0 Å². The second-order valence-corrected chi connectivity index (χ2v) is 7.41. The van der Waals surface area contributed by atoms with Crippen LogP contribution in [0, 0.1) is 6.92 Å². The van der Waals surface area contributed by atoms with Crippen LogP contribution in [0.2, 0.25) is 0 Å². The third-order valence-electron chi connectivity index (χ3n) is 3.65. The van der Waals surface area contributed by atoms with Crippen LogP contribution < -0.4 is 9.04 Å². The Morgan fingerprint density at radius 3 is 2.88 bits per heavy atom. The number of carboxylic acids is 1. The summed E-state index contributed by atoms with van der Waals surface area (Å²) in [5.41, 5.74) is 1.72. The average molecular weight is 348 g/mol. The molecule has 1 aliphatic heterocycles. The number of aromatic carboxylic acids is 1. The standard InChI is InChI=1S/C16H16N2O5S/c1-11-3-2-4-12(7-11)10-24(21,22)18-5-6-23-15-14(18)8-13(9-17-15)16(19)20/h2-4,7-9H,5-6,10H2,1H3,(H,19,20). The molecule has 2 aromatic rings. The van der Waals surface area contributed by atoms with Crippen LogP contribution in [0.1, 0.15) is 21.5 Å². The van der Waals surface area contributed by atoms with Crippen molar-refractivity contribution in [2.24, 2.45) is 0 Å². The first kappa shape index (κ1) is 16.3. The lowest BCUT2D eigenvalue weighted by molar-refractivity contribution is 0.0696. The van der Waals surface area contributed by atoms with Crippen LogP contribution in [0.25, 0.3) is 0 Å². The van der Waals surface area contributed by atoms with Gasteiger partial charge >= 0.3 is 5.97 Å². The summed E-state index contributed by atoms with van der Waals surface area (Å²) < 4.78 is 32.1. The largest absolute Gasteiger partial charge is 0.478 e. The maximum atomic E-state index is 12.8. The third kappa shape index (κ3) is 3.18. The zero-order chi connectivity index (χ0) is 17.3. The maximum absolute atomic E-state index is 12.8. The Hall–Kier alpha value is -2.61. The van der Waals surface area contributed by atoms with Crippen molar-refractivity contribution in [3.8, 4) is 5.88 Å². The summed E-state index contributed by atoms with van der Waals surface area (Å²) in [4.78, 5) is 15.0. The van der Waals surface area contributed by atoms with Crippen molar-refractivity contribution in [1.82, 2.24) is 4.98 Å². The highest BCUT2D eigenvalue weighted by Gasteiger charge is 2.30. The molecule has 0 radical (unpaired) electrons. The van der Waals surface area contributed by atoms with Crippen molar-refractivity contribution in [3.63, 3.8) is 0 Å². The molecule has 0 atom stereocenters. The van der Waals surface area contributed by atoms with E-state index < -0.39 is 16.0 Å². The molecule has 1 aromatic carbocycles. The number of anilines is 1. The van der Waals surface area contributed by atoms with E-state index in [4.69, 9.17) is 9.84 Å². The van der Waals surface area contributed by atoms with Gasteiger partial charge in [-0.05, 0) is 18.6 Å². The number of carbonyl (C=O) groups is 1. The second-order valence-electron chi connectivity index (χ2n) is 5.52. The van der Waals surface area contributed by atoms with Gasteiger partial charge in [0.05, 0.1) is 17.9 Å². The van der Waals surface area contributed by atoms with Gasteiger partial charge in [-0.25, -0.2) is 18.2 Å². The van der Waals surface area contributed by atoms with Gasteiger partial charge in [0, 0.05) is 6.20 Å². The fourth-order valence-corrected chi connectivity index (χ4v) is 4.11. The molecule has 24 heavy (non-hydrogen) atoms. The Labute approximate surface area is 139 Å². The van der Waals surface area contributed by atoms with E-state index in [0.717, 1.165) is 11.8 Å². The molecule has 0 spiro atoms. The third-order valence-corrected chi connectivity index (χ3v) is 5.40. The van der Waals surface area contributed by atoms with E-state index in [9.17, 15) is 13.2 Å². The van der Waals surface area contributed by atoms with Crippen LogP contribution in [0.15, 0.2) is 36.5 Å². The average Bonchev–Trinajstić information content (AvgIpc) is 2.53. The molecule has 0 amide bonds. The minimum absolute atomic E-state index is 0.0880. The minimum Gasteiger partial charge on any atom is -0.478 e. The first-order valence-corrected chi connectivity index (χ1v) is 8.90. The summed E-state index contributed by atoms with van der Waals surface area (Å²) in [6, 6.07) is 8.53. The lowest BCUT2D eigenvalue weighted by atomic mass is 10.2. The van der Waals surface area contributed by atoms with Crippen molar-refractivity contribution in [1.29, 1.82) is 0 Å². The van der Waals surface area contributed by atoms with Crippen LogP contribution in [0.3, 0.4) is 0 Å². The Kier molecular flexibility index (Phi) is 4.15. The van der Waals surface area contributed by atoms with Crippen molar-refractivity contribution in [2.75, 3.05) is 17.5 Å². The number of ether oxygens (including phenoxy) is 1. The predicted octanol–water partition coefficient (Wildman–Crippen LogP) is 1.82. The molecule has 1 aromatic heterocycles. The molecule has 0 saturated heterocycles. The van der Waals surface area contributed by atoms with E-state index in [2.05, 4.69) is 4.98 Å². The molecule has 126 valence electrons. The number of hydrogen-bond acceptors (Lipinski definition) is 5. The highest BCUT2D eigenvalue weighted by Crippen LogP contribution is 2.33. The number of nitrogens with zero attached hydrogens (tertiary/aromatic N) is 2. The number of carboxylic acid groups (broad SMARTS) is 1. The molecule has 0 saturated carbocycles. The summed E-state index contributed by atoms with van der Waals surface area (Å²) in [5, 5.41) is 9.09. The zero-order valence-corrected chi connectivity index (χ0v) is 13.8. The molecule has 3 rings (SSSR count). The smallest absolute Gasteiger partial charge is 0.337 e. The van der Waals surface area contributed by atoms with Gasteiger partial charge in [0.25, 0.3) is 0 Å². The molecule has 2 heterocycles. The van der Waals surface area contributed by atoms with Crippen LogP contribution in [0.4, 0.5) is 5.69 Å². The first-order chi connectivity index (χ1) is 11.4. The molecule has 0 fully saturated rings. The second kappa shape index (κ2) is 6.12. The molecule has 0 bridgehead atoms. The lowest BCUT2D eigenvalue weighted by Crippen LogP contribution is -2.39. The van der Waals surface area contributed by atoms with Gasteiger partial charge in [-0.3, -0.25) is 4.31 Å². The highest BCUT2D eigenvalue weighted by atomic mass is 32.2. The summed E-state index contributed by atoms with van der Waals surface area (Å²) >= 11 is 0. The number of benzene rings is 1. The number of rotatable bonds is 4. The summed E-state index contributed by atoms with van der Waals surface area (Å²) in [6.07, 6.45) is 1.15.